The van der Waals surface area contributed by atoms with E-state index in [4.69, 9.17) is 0 Å². The standard InChI is InChI=1S/C16H23FN2/c1-13-6-7-14(17)11-16(13)19-10-4-9-18-8-3-2-5-15(18)12-19/h6-7,11,15H,2-5,8-10,12H2,1H3. The Morgan fingerprint density at radius 2 is 1.95 bits per heavy atom. The summed E-state index contributed by atoms with van der Waals surface area (Å²) in [6, 6.07) is 5.82. The highest BCUT2D eigenvalue weighted by molar-refractivity contribution is 5.53. The minimum atomic E-state index is -0.120. The van der Waals surface area contributed by atoms with Crippen LogP contribution in [0.5, 0.6) is 0 Å². The van der Waals surface area contributed by atoms with Crippen molar-refractivity contribution in [3.8, 4) is 0 Å². The van der Waals surface area contributed by atoms with Crippen molar-refractivity contribution in [2.24, 2.45) is 0 Å². The van der Waals surface area contributed by atoms with Gasteiger partial charge in [-0.15, -0.1) is 0 Å². The molecule has 1 aromatic rings. The zero-order valence-electron chi connectivity index (χ0n) is 11.7. The second kappa shape index (κ2) is 5.49. The summed E-state index contributed by atoms with van der Waals surface area (Å²) < 4.78 is 13.5. The molecule has 0 aromatic heterocycles. The van der Waals surface area contributed by atoms with Gasteiger partial charge >= 0.3 is 0 Å². The molecule has 2 nitrogen and oxygen atoms in total. The van der Waals surface area contributed by atoms with Crippen LogP contribution in [0.15, 0.2) is 18.2 Å². The number of rotatable bonds is 1. The van der Waals surface area contributed by atoms with Crippen molar-refractivity contribution in [1.82, 2.24) is 4.90 Å². The van der Waals surface area contributed by atoms with Crippen LogP contribution in [-0.2, 0) is 0 Å². The number of benzene rings is 1. The molecule has 0 spiro atoms. The number of fused-ring (bicyclic) bond motifs is 1. The molecule has 0 amide bonds. The fourth-order valence-corrected chi connectivity index (χ4v) is 3.51. The lowest BCUT2D eigenvalue weighted by molar-refractivity contribution is 0.162. The second-order valence-electron chi connectivity index (χ2n) is 5.92. The van der Waals surface area contributed by atoms with Crippen molar-refractivity contribution in [3.05, 3.63) is 29.6 Å². The summed E-state index contributed by atoms with van der Waals surface area (Å²) in [5, 5.41) is 0. The van der Waals surface area contributed by atoms with E-state index in [0.717, 1.165) is 18.8 Å². The van der Waals surface area contributed by atoms with Crippen LogP contribution in [0.3, 0.4) is 0 Å². The highest BCUT2D eigenvalue weighted by atomic mass is 19.1. The van der Waals surface area contributed by atoms with E-state index in [-0.39, 0.29) is 5.82 Å². The van der Waals surface area contributed by atoms with Gasteiger partial charge in [0.2, 0.25) is 0 Å². The van der Waals surface area contributed by atoms with E-state index in [0.29, 0.717) is 6.04 Å². The molecule has 1 atom stereocenters. The van der Waals surface area contributed by atoms with Gasteiger partial charge in [-0.2, -0.15) is 0 Å². The van der Waals surface area contributed by atoms with Gasteiger partial charge in [-0.25, -0.2) is 4.39 Å². The Morgan fingerprint density at radius 1 is 1.11 bits per heavy atom. The lowest BCUT2D eigenvalue weighted by atomic mass is 10.0. The molecule has 0 bridgehead atoms. The zero-order valence-corrected chi connectivity index (χ0v) is 11.7. The van der Waals surface area contributed by atoms with Crippen molar-refractivity contribution in [3.63, 3.8) is 0 Å². The molecule has 2 aliphatic rings. The molecule has 2 saturated heterocycles. The summed E-state index contributed by atoms with van der Waals surface area (Å²) in [5.74, 6) is -0.120. The topological polar surface area (TPSA) is 6.48 Å². The third-order valence-electron chi connectivity index (χ3n) is 4.57. The molecule has 0 N–H and O–H groups in total. The number of hydrogen-bond donors (Lipinski definition) is 0. The van der Waals surface area contributed by atoms with Crippen LogP contribution in [-0.4, -0.2) is 37.1 Å². The van der Waals surface area contributed by atoms with Crippen molar-refractivity contribution in [2.45, 2.75) is 38.6 Å². The van der Waals surface area contributed by atoms with Gasteiger partial charge in [0, 0.05) is 31.4 Å². The Balaban J connectivity index is 1.82. The quantitative estimate of drug-likeness (QED) is 0.767. The maximum absolute atomic E-state index is 13.5. The summed E-state index contributed by atoms with van der Waals surface area (Å²) in [4.78, 5) is 5.03. The first-order chi connectivity index (χ1) is 9.24. The van der Waals surface area contributed by atoms with Crippen LogP contribution >= 0.6 is 0 Å². The molecule has 3 heteroatoms. The lowest BCUT2D eigenvalue weighted by Gasteiger charge is -2.36. The highest BCUT2D eigenvalue weighted by Gasteiger charge is 2.27. The molecule has 0 radical (unpaired) electrons. The molecular formula is C16H23FN2. The van der Waals surface area contributed by atoms with Gasteiger partial charge in [0.25, 0.3) is 0 Å². The van der Waals surface area contributed by atoms with Crippen molar-refractivity contribution >= 4 is 5.69 Å². The Bertz CT molecular complexity index is 446. The zero-order chi connectivity index (χ0) is 13.2. The van der Waals surface area contributed by atoms with E-state index < -0.39 is 0 Å². The van der Waals surface area contributed by atoms with Crippen molar-refractivity contribution < 1.29 is 4.39 Å². The monoisotopic (exact) mass is 262 g/mol. The third-order valence-corrected chi connectivity index (χ3v) is 4.57. The SMILES string of the molecule is Cc1ccc(F)cc1N1CCCN2CCCCC2C1. The molecular weight excluding hydrogens is 239 g/mol. The van der Waals surface area contributed by atoms with Gasteiger partial charge in [0.1, 0.15) is 5.82 Å². The fraction of sp³-hybridized carbons (Fsp3) is 0.625. The van der Waals surface area contributed by atoms with E-state index >= 15 is 0 Å². The fourth-order valence-electron chi connectivity index (χ4n) is 3.51. The van der Waals surface area contributed by atoms with Crippen LogP contribution in [0.4, 0.5) is 10.1 Å². The number of halogens is 1. The predicted octanol–water partition coefficient (Wildman–Crippen LogP) is 3.20. The Labute approximate surface area is 115 Å². The minimum absolute atomic E-state index is 0.120. The third kappa shape index (κ3) is 2.76. The predicted molar refractivity (Wildman–Crippen MR) is 77.2 cm³/mol. The van der Waals surface area contributed by atoms with E-state index in [9.17, 15) is 4.39 Å². The average Bonchev–Trinajstić information content (AvgIpc) is 2.63. The van der Waals surface area contributed by atoms with Crippen molar-refractivity contribution in [2.75, 3.05) is 31.1 Å². The van der Waals surface area contributed by atoms with E-state index in [1.54, 1.807) is 12.1 Å². The molecule has 1 aromatic carbocycles. The van der Waals surface area contributed by atoms with Crippen LogP contribution in [0, 0.1) is 12.7 Å². The second-order valence-corrected chi connectivity index (χ2v) is 5.92. The minimum Gasteiger partial charge on any atom is -0.370 e. The molecule has 0 saturated carbocycles. The Kier molecular flexibility index (Phi) is 3.74. The van der Waals surface area contributed by atoms with Crippen LogP contribution in [0.25, 0.3) is 0 Å². The van der Waals surface area contributed by atoms with Crippen molar-refractivity contribution in [1.29, 1.82) is 0 Å². The van der Waals surface area contributed by atoms with Gasteiger partial charge in [0.15, 0.2) is 0 Å². The number of piperidine rings is 1. The molecule has 1 unspecified atom stereocenters. The van der Waals surface area contributed by atoms with Gasteiger partial charge in [-0.05, 0) is 50.4 Å². The molecule has 3 rings (SSSR count). The first-order valence-electron chi connectivity index (χ1n) is 7.49. The smallest absolute Gasteiger partial charge is 0.125 e. The van der Waals surface area contributed by atoms with E-state index in [1.807, 2.05) is 6.07 Å². The summed E-state index contributed by atoms with van der Waals surface area (Å²) in [6.07, 6.45) is 5.17. The summed E-state index contributed by atoms with van der Waals surface area (Å²) in [7, 11) is 0. The maximum atomic E-state index is 13.5. The first kappa shape index (κ1) is 12.9. The molecule has 104 valence electrons. The van der Waals surface area contributed by atoms with E-state index in [2.05, 4.69) is 16.7 Å². The molecule has 2 fully saturated rings. The van der Waals surface area contributed by atoms with Gasteiger partial charge in [-0.3, -0.25) is 4.90 Å². The van der Waals surface area contributed by atoms with E-state index in [1.165, 1.54) is 44.3 Å². The molecule has 2 heterocycles. The van der Waals surface area contributed by atoms with Gasteiger partial charge in [-0.1, -0.05) is 12.5 Å². The number of anilines is 1. The largest absolute Gasteiger partial charge is 0.370 e. The summed E-state index contributed by atoms with van der Waals surface area (Å²) in [6.45, 7) is 6.65. The van der Waals surface area contributed by atoms with Crippen LogP contribution in [0.1, 0.15) is 31.2 Å². The van der Waals surface area contributed by atoms with Gasteiger partial charge in [0.05, 0.1) is 0 Å². The first-order valence-corrected chi connectivity index (χ1v) is 7.49. The number of nitrogens with zero attached hydrogens (tertiary/aromatic N) is 2. The normalized spacial score (nSPS) is 24.9. The maximum Gasteiger partial charge on any atom is 0.125 e. The molecule has 19 heavy (non-hydrogen) atoms. The number of aryl methyl sites for hydroxylation is 1. The van der Waals surface area contributed by atoms with Gasteiger partial charge < -0.3 is 4.90 Å². The number of hydrogen-bond acceptors (Lipinski definition) is 2. The molecule has 0 aliphatic carbocycles. The van der Waals surface area contributed by atoms with Crippen LogP contribution < -0.4 is 4.90 Å². The lowest BCUT2D eigenvalue weighted by Crippen LogP contribution is -2.44. The van der Waals surface area contributed by atoms with Crippen LogP contribution in [0.2, 0.25) is 0 Å². The summed E-state index contributed by atoms with van der Waals surface area (Å²) >= 11 is 0. The molecule has 2 aliphatic heterocycles. The average molecular weight is 262 g/mol. The Hall–Kier alpha value is -1.09. The Morgan fingerprint density at radius 3 is 2.84 bits per heavy atom. The summed E-state index contributed by atoms with van der Waals surface area (Å²) in [5.41, 5.74) is 2.28. The highest BCUT2D eigenvalue weighted by Crippen LogP contribution is 2.27.